The fraction of sp³-hybridized carbons (Fsp3) is 0.381. The summed E-state index contributed by atoms with van der Waals surface area (Å²) in [4.78, 5) is 12.4. The number of hydrogen-bond donors (Lipinski definition) is 2. The molecule has 152 valence electrons. The van der Waals surface area contributed by atoms with E-state index >= 15 is 0 Å². The number of ether oxygens (including phenoxy) is 1. The van der Waals surface area contributed by atoms with Crippen molar-refractivity contribution >= 4 is 15.9 Å². The zero-order chi connectivity index (χ0) is 20.7. The lowest BCUT2D eigenvalue weighted by molar-refractivity contribution is -0.127. The predicted molar refractivity (Wildman–Crippen MR) is 110 cm³/mol. The van der Waals surface area contributed by atoms with Crippen molar-refractivity contribution in [2.24, 2.45) is 0 Å². The van der Waals surface area contributed by atoms with Gasteiger partial charge in [0.05, 0.1) is 5.75 Å². The third-order valence-electron chi connectivity index (χ3n) is 4.00. The third kappa shape index (κ3) is 6.98. The molecule has 0 unspecified atom stereocenters. The van der Waals surface area contributed by atoms with Crippen LogP contribution in [0.4, 0.5) is 0 Å². The summed E-state index contributed by atoms with van der Waals surface area (Å²) in [6.45, 7) is 7.42. The van der Waals surface area contributed by atoms with E-state index in [1.807, 2.05) is 37.3 Å². The predicted octanol–water partition coefficient (Wildman–Crippen LogP) is 2.91. The number of amides is 1. The van der Waals surface area contributed by atoms with Crippen LogP contribution in [0.1, 0.15) is 37.5 Å². The maximum Gasteiger partial charge on any atom is 0.261 e. The molecule has 0 aliphatic heterocycles. The highest BCUT2D eigenvalue weighted by Gasteiger charge is 2.17. The Morgan fingerprint density at radius 2 is 1.71 bits per heavy atom. The van der Waals surface area contributed by atoms with Gasteiger partial charge in [-0.05, 0) is 56.5 Å². The van der Waals surface area contributed by atoms with Gasteiger partial charge in [-0.25, -0.2) is 13.1 Å². The highest BCUT2D eigenvalue weighted by atomic mass is 32.2. The normalized spacial score (nSPS) is 12.6. The molecule has 0 bridgehead atoms. The van der Waals surface area contributed by atoms with Crippen LogP contribution in [0.15, 0.2) is 48.5 Å². The van der Waals surface area contributed by atoms with Crippen LogP contribution in [0, 0.1) is 6.92 Å². The van der Waals surface area contributed by atoms with Crippen molar-refractivity contribution in [3.05, 3.63) is 65.2 Å². The van der Waals surface area contributed by atoms with Crippen molar-refractivity contribution in [3.8, 4) is 5.75 Å². The van der Waals surface area contributed by atoms with Crippen molar-refractivity contribution in [1.82, 2.24) is 10.0 Å². The third-order valence-corrected chi connectivity index (χ3v) is 5.53. The molecule has 0 fully saturated rings. The van der Waals surface area contributed by atoms with Crippen molar-refractivity contribution in [1.29, 1.82) is 0 Å². The number of sulfonamides is 1. The first-order valence-corrected chi connectivity index (χ1v) is 10.9. The average molecular weight is 405 g/mol. The Morgan fingerprint density at radius 1 is 1.04 bits per heavy atom. The van der Waals surface area contributed by atoms with Gasteiger partial charge in [-0.1, -0.05) is 36.4 Å². The molecule has 7 heteroatoms. The maximum atomic E-state index is 12.4. The molecule has 0 radical (unpaired) electrons. The van der Waals surface area contributed by atoms with Crippen LogP contribution in [0.2, 0.25) is 0 Å². The fourth-order valence-corrected chi connectivity index (χ4v) is 4.24. The van der Waals surface area contributed by atoms with Gasteiger partial charge in [-0.2, -0.15) is 0 Å². The summed E-state index contributed by atoms with van der Waals surface area (Å²) in [6.07, 6.45) is -0.666. The Morgan fingerprint density at radius 3 is 2.36 bits per heavy atom. The minimum absolute atomic E-state index is 0.132. The highest BCUT2D eigenvalue weighted by Crippen LogP contribution is 2.15. The number of nitrogens with one attached hydrogen (secondary N) is 2. The fourth-order valence-electron chi connectivity index (χ4n) is 2.75. The van der Waals surface area contributed by atoms with Gasteiger partial charge < -0.3 is 10.1 Å². The number of carbonyl (C=O) groups excluding carboxylic acids is 1. The SMILES string of the molecule is Cc1cccc(O[C@@H](C)C(=O)NCc2ccccc2CS(=O)(=O)NC(C)C)c1. The van der Waals surface area contributed by atoms with Gasteiger partial charge in [-0.3, -0.25) is 4.79 Å². The molecule has 0 aromatic heterocycles. The average Bonchev–Trinajstić information content (AvgIpc) is 2.59. The Kier molecular flexibility index (Phi) is 7.60. The number of hydrogen-bond acceptors (Lipinski definition) is 4. The Hall–Kier alpha value is -2.38. The molecule has 0 heterocycles. The summed E-state index contributed by atoms with van der Waals surface area (Å²) in [5.41, 5.74) is 2.46. The van der Waals surface area contributed by atoms with Crippen molar-refractivity contribution in [3.63, 3.8) is 0 Å². The minimum atomic E-state index is -3.44. The van der Waals surface area contributed by atoms with Crippen LogP contribution in [-0.2, 0) is 27.1 Å². The lowest BCUT2D eigenvalue weighted by Gasteiger charge is -2.16. The van der Waals surface area contributed by atoms with E-state index in [9.17, 15) is 13.2 Å². The standard InChI is InChI=1S/C21H28N2O4S/c1-15(2)23-28(25,26)14-19-10-6-5-9-18(19)13-22-21(24)17(4)27-20-11-7-8-16(3)12-20/h5-12,15,17,23H,13-14H2,1-4H3,(H,22,24)/t17-/m0/s1. The van der Waals surface area contributed by atoms with Gasteiger partial charge in [0.15, 0.2) is 6.10 Å². The second kappa shape index (κ2) is 9.71. The Balaban J connectivity index is 1.99. The molecule has 1 atom stereocenters. The first-order chi connectivity index (χ1) is 13.2. The lowest BCUT2D eigenvalue weighted by Crippen LogP contribution is -2.36. The molecule has 2 aromatic carbocycles. The van der Waals surface area contributed by atoms with Gasteiger partial charge in [-0.15, -0.1) is 0 Å². The first-order valence-electron chi connectivity index (χ1n) is 9.24. The van der Waals surface area contributed by atoms with Crippen molar-refractivity contribution in [2.75, 3.05) is 0 Å². The molecule has 0 saturated heterocycles. The summed E-state index contributed by atoms with van der Waals surface area (Å²) in [7, 11) is -3.44. The topological polar surface area (TPSA) is 84.5 Å². The summed E-state index contributed by atoms with van der Waals surface area (Å²) >= 11 is 0. The van der Waals surface area contributed by atoms with Crippen LogP contribution in [0.5, 0.6) is 5.75 Å². The van der Waals surface area contributed by atoms with E-state index in [1.165, 1.54) is 0 Å². The molecule has 2 rings (SSSR count). The smallest absolute Gasteiger partial charge is 0.261 e. The molecule has 0 spiro atoms. The Labute approximate surface area is 167 Å². The molecular formula is C21H28N2O4S. The molecule has 2 N–H and O–H groups in total. The quantitative estimate of drug-likeness (QED) is 0.673. The molecule has 28 heavy (non-hydrogen) atoms. The van der Waals surface area contributed by atoms with Crippen LogP contribution < -0.4 is 14.8 Å². The monoisotopic (exact) mass is 404 g/mol. The van der Waals surface area contributed by atoms with Gasteiger partial charge >= 0.3 is 0 Å². The molecule has 0 aliphatic carbocycles. The van der Waals surface area contributed by atoms with Gasteiger partial charge in [0, 0.05) is 12.6 Å². The van der Waals surface area contributed by atoms with Crippen LogP contribution in [-0.4, -0.2) is 26.5 Å². The molecule has 1 amide bonds. The number of carbonyl (C=O) groups is 1. The van der Waals surface area contributed by atoms with Gasteiger partial charge in [0.2, 0.25) is 10.0 Å². The summed E-state index contributed by atoms with van der Waals surface area (Å²) in [5.74, 6) is 0.236. The van der Waals surface area contributed by atoms with E-state index in [2.05, 4.69) is 10.0 Å². The zero-order valence-electron chi connectivity index (χ0n) is 16.7. The number of rotatable bonds is 9. The van der Waals surface area contributed by atoms with Crippen molar-refractivity contribution in [2.45, 2.75) is 52.1 Å². The van der Waals surface area contributed by atoms with E-state index in [0.29, 0.717) is 11.3 Å². The largest absolute Gasteiger partial charge is 0.481 e. The molecule has 0 aliphatic rings. The van der Waals surface area contributed by atoms with E-state index in [4.69, 9.17) is 4.74 Å². The maximum absolute atomic E-state index is 12.4. The number of aryl methyl sites for hydroxylation is 1. The van der Waals surface area contributed by atoms with E-state index in [1.54, 1.807) is 39.0 Å². The van der Waals surface area contributed by atoms with E-state index in [-0.39, 0.29) is 24.2 Å². The summed E-state index contributed by atoms with van der Waals surface area (Å²) in [6, 6.07) is 14.5. The first kappa shape index (κ1) is 21.9. The number of benzene rings is 2. The lowest BCUT2D eigenvalue weighted by atomic mass is 10.1. The van der Waals surface area contributed by atoms with E-state index < -0.39 is 16.1 Å². The van der Waals surface area contributed by atoms with Crippen molar-refractivity contribution < 1.29 is 17.9 Å². The zero-order valence-corrected chi connectivity index (χ0v) is 17.5. The summed E-state index contributed by atoms with van der Waals surface area (Å²) < 4.78 is 32.7. The molecule has 0 saturated carbocycles. The van der Waals surface area contributed by atoms with E-state index in [0.717, 1.165) is 11.1 Å². The van der Waals surface area contributed by atoms with Crippen LogP contribution in [0.3, 0.4) is 0 Å². The molecule has 6 nitrogen and oxygen atoms in total. The highest BCUT2D eigenvalue weighted by molar-refractivity contribution is 7.88. The Bertz CT molecular complexity index is 910. The second-order valence-corrected chi connectivity index (χ2v) is 8.85. The second-order valence-electron chi connectivity index (χ2n) is 7.09. The molecular weight excluding hydrogens is 376 g/mol. The van der Waals surface area contributed by atoms with Crippen LogP contribution in [0.25, 0.3) is 0 Å². The van der Waals surface area contributed by atoms with Crippen LogP contribution >= 0.6 is 0 Å². The molecule has 2 aromatic rings. The van der Waals surface area contributed by atoms with Gasteiger partial charge in [0.1, 0.15) is 5.75 Å². The summed E-state index contributed by atoms with van der Waals surface area (Å²) in [5, 5.41) is 2.82. The van der Waals surface area contributed by atoms with Gasteiger partial charge in [0.25, 0.3) is 5.91 Å². The minimum Gasteiger partial charge on any atom is -0.481 e.